The van der Waals surface area contributed by atoms with E-state index in [1.807, 2.05) is 18.2 Å². The fraction of sp³-hybridized carbons (Fsp3) is 0.280. The molecule has 0 radical (unpaired) electrons. The first-order valence-electron chi connectivity index (χ1n) is 10.5. The molecular weight excluding hydrogens is 445 g/mol. The topological polar surface area (TPSA) is 84.9 Å². The van der Waals surface area contributed by atoms with Crippen LogP contribution in [0.4, 0.5) is 10.1 Å². The van der Waals surface area contributed by atoms with Crippen LogP contribution in [0, 0.1) is 11.7 Å². The Hall–Kier alpha value is -3.39. The summed E-state index contributed by atoms with van der Waals surface area (Å²) in [4.78, 5) is 25.5. The van der Waals surface area contributed by atoms with Gasteiger partial charge in [0.2, 0.25) is 5.91 Å². The third kappa shape index (κ3) is 4.57. The molecule has 8 heteroatoms. The third-order valence-corrected chi connectivity index (χ3v) is 6.67. The summed E-state index contributed by atoms with van der Waals surface area (Å²) in [5, 5.41) is 12.7. The van der Waals surface area contributed by atoms with Gasteiger partial charge in [-0.15, -0.1) is 11.3 Å². The van der Waals surface area contributed by atoms with Gasteiger partial charge in [-0.2, -0.15) is 0 Å². The SMILES string of the molecule is COc1cc([C@H]2CC(=O)Nc3c2sc(C(=O)O)c3-c2cccc(F)c2)ccc1OCC(C)C. The second-order valence-corrected chi connectivity index (χ2v) is 9.33. The number of methoxy groups -OCH3 is 1. The predicted octanol–water partition coefficient (Wildman–Crippen LogP) is 5.77. The molecule has 0 unspecified atom stereocenters. The van der Waals surface area contributed by atoms with Crippen LogP contribution in [0.2, 0.25) is 0 Å². The summed E-state index contributed by atoms with van der Waals surface area (Å²) in [5.41, 5.74) is 1.96. The van der Waals surface area contributed by atoms with Crippen LogP contribution in [-0.2, 0) is 4.79 Å². The van der Waals surface area contributed by atoms with Crippen molar-refractivity contribution in [2.45, 2.75) is 26.2 Å². The number of benzene rings is 2. The number of rotatable bonds is 7. The van der Waals surface area contributed by atoms with Crippen molar-refractivity contribution in [2.24, 2.45) is 5.92 Å². The number of fused-ring (bicyclic) bond motifs is 1. The van der Waals surface area contributed by atoms with Crippen molar-refractivity contribution in [1.29, 1.82) is 0 Å². The summed E-state index contributed by atoms with van der Waals surface area (Å²) >= 11 is 1.10. The molecule has 1 aliphatic rings. The highest BCUT2D eigenvalue weighted by Crippen LogP contribution is 2.50. The lowest BCUT2D eigenvalue weighted by molar-refractivity contribution is -0.116. The first-order valence-corrected chi connectivity index (χ1v) is 11.4. The smallest absolute Gasteiger partial charge is 0.346 e. The van der Waals surface area contributed by atoms with Gasteiger partial charge < -0.3 is 19.9 Å². The van der Waals surface area contributed by atoms with Crippen molar-refractivity contribution in [1.82, 2.24) is 0 Å². The monoisotopic (exact) mass is 469 g/mol. The van der Waals surface area contributed by atoms with E-state index in [9.17, 15) is 19.1 Å². The van der Waals surface area contributed by atoms with E-state index in [-0.39, 0.29) is 23.1 Å². The van der Waals surface area contributed by atoms with Gasteiger partial charge in [-0.05, 0) is 41.3 Å². The zero-order valence-corrected chi connectivity index (χ0v) is 19.3. The molecule has 0 saturated carbocycles. The lowest BCUT2D eigenvalue weighted by atomic mass is 9.88. The Kier molecular flexibility index (Phi) is 6.37. The van der Waals surface area contributed by atoms with Crippen molar-refractivity contribution in [2.75, 3.05) is 19.0 Å². The van der Waals surface area contributed by atoms with Gasteiger partial charge in [-0.3, -0.25) is 4.79 Å². The zero-order valence-electron chi connectivity index (χ0n) is 18.5. The van der Waals surface area contributed by atoms with Gasteiger partial charge in [-0.1, -0.05) is 32.0 Å². The van der Waals surface area contributed by atoms with Gasteiger partial charge in [0.1, 0.15) is 10.7 Å². The summed E-state index contributed by atoms with van der Waals surface area (Å²) in [6.45, 7) is 4.64. The van der Waals surface area contributed by atoms with E-state index in [2.05, 4.69) is 19.2 Å². The van der Waals surface area contributed by atoms with Gasteiger partial charge in [0, 0.05) is 22.8 Å². The number of carbonyl (C=O) groups excluding carboxylic acids is 1. The highest BCUT2D eigenvalue weighted by molar-refractivity contribution is 7.15. The van der Waals surface area contributed by atoms with Gasteiger partial charge in [0.25, 0.3) is 0 Å². The first-order chi connectivity index (χ1) is 15.8. The quantitative estimate of drug-likeness (QED) is 0.459. The summed E-state index contributed by atoms with van der Waals surface area (Å²) in [6, 6.07) is 11.2. The van der Waals surface area contributed by atoms with E-state index >= 15 is 0 Å². The first kappa shape index (κ1) is 22.8. The standard InChI is InChI=1S/C25H24FNO5S/c1-13(2)12-32-18-8-7-14(10-19(18)31-3)17-11-20(28)27-22-21(15-5-4-6-16(26)9-15)24(25(29)30)33-23(17)22/h4-10,13,17H,11-12H2,1-3H3,(H,27,28)(H,29,30)/t17-/m1/s1. The van der Waals surface area contributed by atoms with Crippen molar-refractivity contribution in [3.63, 3.8) is 0 Å². The fourth-order valence-corrected chi connectivity index (χ4v) is 5.15. The van der Waals surface area contributed by atoms with Crippen LogP contribution < -0.4 is 14.8 Å². The van der Waals surface area contributed by atoms with Gasteiger partial charge in [0.15, 0.2) is 11.5 Å². The number of hydrogen-bond donors (Lipinski definition) is 2. The van der Waals surface area contributed by atoms with Gasteiger partial charge in [-0.25, -0.2) is 9.18 Å². The maximum absolute atomic E-state index is 13.9. The number of ether oxygens (including phenoxy) is 2. The van der Waals surface area contributed by atoms with Crippen molar-refractivity contribution >= 4 is 28.9 Å². The molecule has 172 valence electrons. The zero-order chi connectivity index (χ0) is 23.7. The molecule has 2 heterocycles. The summed E-state index contributed by atoms with van der Waals surface area (Å²) in [5.74, 6) is -0.720. The molecule has 0 bridgehead atoms. The molecule has 1 atom stereocenters. The average Bonchev–Trinajstić information content (AvgIpc) is 3.16. The Labute approximate surface area is 195 Å². The Bertz CT molecular complexity index is 1220. The number of nitrogens with one attached hydrogen (secondary N) is 1. The van der Waals surface area contributed by atoms with Crippen molar-refractivity contribution in [3.05, 3.63) is 63.6 Å². The number of anilines is 1. The highest BCUT2D eigenvalue weighted by Gasteiger charge is 2.35. The van der Waals surface area contributed by atoms with Crippen LogP contribution >= 0.6 is 11.3 Å². The van der Waals surface area contributed by atoms with Gasteiger partial charge >= 0.3 is 5.97 Å². The molecule has 0 spiro atoms. The van der Waals surface area contributed by atoms with Crippen molar-refractivity contribution < 1.29 is 28.6 Å². The van der Waals surface area contributed by atoms with E-state index in [4.69, 9.17) is 9.47 Å². The van der Waals surface area contributed by atoms with Crippen LogP contribution in [-0.4, -0.2) is 30.7 Å². The molecule has 33 heavy (non-hydrogen) atoms. The summed E-state index contributed by atoms with van der Waals surface area (Å²) in [7, 11) is 1.55. The molecule has 0 aliphatic carbocycles. The Balaban J connectivity index is 1.82. The summed E-state index contributed by atoms with van der Waals surface area (Å²) < 4.78 is 25.3. The minimum atomic E-state index is -1.13. The Morgan fingerprint density at radius 1 is 1.24 bits per heavy atom. The molecule has 4 rings (SSSR count). The number of carboxylic acids is 1. The number of hydrogen-bond acceptors (Lipinski definition) is 5. The molecule has 1 aliphatic heterocycles. The number of amides is 1. The lowest BCUT2D eigenvalue weighted by Crippen LogP contribution is -2.22. The van der Waals surface area contributed by atoms with E-state index in [0.29, 0.717) is 45.7 Å². The van der Waals surface area contributed by atoms with E-state index in [1.165, 1.54) is 18.2 Å². The van der Waals surface area contributed by atoms with Crippen molar-refractivity contribution in [3.8, 4) is 22.6 Å². The molecule has 0 fully saturated rings. The van der Waals surface area contributed by atoms with Crippen LogP contribution in [0.1, 0.15) is 46.3 Å². The molecule has 6 nitrogen and oxygen atoms in total. The second-order valence-electron chi connectivity index (χ2n) is 8.28. The van der Waals surface area contributed by atoms with Crippen LogP contribution in [0.5, 0.6) is 11.5 Å². The Morgan fingerprint density at radius 3 is 2.70 bits per heavy atom. The molecule has 1 aromatic heterocycles. The number of thiophene rings is 1. The Morgan fingerprint density at radius 2 is 2.03 bits per heavy atom. The molecule has 1 amide bonds. The number of aromatic carboxylic acids is 1. The van der Waals surface area contributed by atoms with E-state index in [1.54, 1.807) is 13.2 Å². The van der Waals surface area contributed by atoms with E-state index in [0.717, 1.165) is 16.9 Å². The number of halogens is 1. The average molecular weight is 470 g/mol. The van der Waals surface area contributed by atoms with Crippen LogP contribution in [0.25, 0.3) is 11.1 Å². The fourth-order valence-electron chi connectivity index (χ4n) is 3.90. The van der Waals surface area contributed by atoms with Crippen LogP contribution in [0.3, 0.4) is 0 Å². The molecule has 2 aromatic carbocycles. The highest BCUT2D eigenvalue weighted by atomic mass is 32.1. The minimum Gasteiger partial charge on any atom is -0.493 e. The maximum atomic E-state index is 13.9. The minimum absolute atomic E-state index is 0.0571. The van der Waals surface area contributed by atoms with Gasteiger partial charge in [0.05, 0.1) is 19.4 Å². The molecule has 0 saturated heterocycles. The number of carbonyl (C=O) groups is 2. The maximum Gasteiger partial charge on any atom is 0.346 e. The number of carboxylic acid groups (broad SMARTS) is 1. The summed E-state index contributed by atoms with van der Waals surface area (Å²) in [6.07, 6.45) is 0.157. The van der Waals surface area contributed by atoms with E-state index < -0.39 is 11.8 Å². The predicted molar refractivity (Wildman–Crippen MR) is 125 cm³/mol. The largest absolute Gasteiger partial charge is 0.493 e. The normalized spacial score (nSPS) is 15.2. The molecular formula is C25H24FNO5S. The second kappa shape index (κ2) is 9.23. The third-order valence-electron chi connectivity index (χ3n) is 5.38. The molecule has 2 N–H and O–H groups in total. The van der Waals surface area contributed by atoms with Crippen LogP contribution in [0.15, 0.2) is 42.5 Å². The lowest BCUT2D eigenvalue weighted by Gasteiger charge is -2.24. The molecule has 3 aromatic rings.